The van der Waals surface area contributed by atoms with E-state index in [1.807, 2.05) is 0 Å². The van der Waals surface area contributed by atoms with Crippen molar-refractivity contribution in [3.8, 4) is 10.6 Å². The molecule has 0 aliphatic heterocycles. The van der Waals surface area contributed by atoms with Crippen LogP contribution in [0.3, 0.4) is 0 Å². The van der Waals surface area contributed by atoms with Gasteiger partial charge in [0.15, 0.2) is 0 Å². The summed E-state index contributed by atoms with van der Waals surface area (Å²) in [6.07, 6.45) is 3.08. The third-order valence-electron chi connectivity index (χ3n) is 2.68. The Morgan fingerprint density at radius 1 is 1.50 bits per heavy atom. The van der Waals surface area contributed by atoms with Crippen molar-refractivity contribution in [1.82, 2.24) is 9.88 Å². The average molecular weight is 294 g/mol. The van der Waals surface area contributed by atoms with Gasteiger partial charge in [0.1, 0.15) is 23.5 Å². The summed E-state index contributed by atoms with van der Waals surface area (Å²) in [4.78, 5) is 28.6. The van der Waals surface area contributed by atoms with E-state index < -0.39 is 5.97 Å². The fourth-order valence-electron chi connectivity index (χ4n) is 1.67. The summed E-state index contributed by atoms with van der Waals surface area (Å²) in [5.74, 6) is -1.43. The van der Waals surface area contributed by atoms with E-state index in [0.717, 1.165) is 5.56 Å². The number of carboxylic acids is 1. The number of carbonyl (C=O) groups is 2. The van der Waals surface area contributed by atoms with Gasteiger partial charge in [0, 0.05) is 17.0 Å². The molecule has 0 bridgehead atoms. The van der Waals surface area contributed by atoms with Gasteiger partial charge in [-0.05, 0) is 19.9 Å². The standard InChI is InChI=1S/C13H14N2O4S/c1-8(2)15(5-11(16)17)13(18)10-7-20-12(14-10)9-3-4-19-6-9/h3-4,6-8H,5H2,1-2H3,(H,16,17). The van der Waals surface area contributed by atoms with Crippen molar-refractivity contribution in [2.24, 2.45) is 0 Å². The van der Waals surface area contributed by atoms with Gasteiger partial charge < -0.3 is 14.4 Å². The predicted octanol–water partition coefficient (Wildman–Crippen LogP) is 2.34. The number of carboxylic acid groups (broad SMARTS) is 1. The Bertz CT molecular complexity index is 604. The molecule has 6 nitrogen and oxygen atoms in total. The van der Waals surface area contributed by atoms with Gasteiger partial charge in [0.2, 0.25) is 0 Å². The molecule has 0 spiro atoms. The molecule has 1 amide bonds. The van der Waals surface area contributed by atoms with Crippen LogP contribution in [-0.2, 0) is 4.79 Å². The monoisotopic (exact) mass is 294 g/mol. The number of hydrogen-bond acceptors (Lipinski definition) is 5. The van der Waals surface area contributed by atoms with Crippen molar-refractivity contribution in [3.05, 3.63) is 29.7 Å². The highest BCUT2D eigenvalue weighted by Gasteiger charge is 2.23. The van der Waals surface area contributed by atoms with E-state index >= 15 is 0 Å². The topological polar surface area (TPSA) is 83.6 Å². The summed E-state index contributed by atoms with van der Waals surface area (Å²) in [6.45, 7) is 3.20. The summed E-state index contributed by atoms with van der Waals surface area (Å²) in [5.41, 5.74) is 1.05. The quantitative estimate of drug-likeness (QED) is 0.915. The Morgan fingerprint density at radius 3 is 2.80 bits per heavy atom. The third-order valence-corrected chi connectivity index (χ3v) is 3.57. The van der Waals surface area contributed by atoms with Crippen LogP contribution in [0, 0.1) is 0 Å². The normalized spacial score (nSPS) is 10.8. The molecule has 2 aromatic heterocycles. The first-order valence-electron chi connectivity index (χ1n) is 6.00. The van der Waals surface area contributed by atoms with Crippen LogP contribution in [0.15, 0.2) is 28.4 Å². The zero-order valence-corrected chi connectivity index (χ0v) is 11.9. The number of amides is 1. The van der Waals surface area contributed by atoms with Crippen molar-refractivity contribution in [2.75, 3.05) is 6.54 Å². The van der Waals surface area contributed by atoms with Crippen LogP contribution in [-0.4, -0.2) is 39.5 Å². The Hall–Kier alpha value is -2.15. The molecule has 2 heterocycles. The van der Waals surface area contributed by atoms with Crippen LogP contribution < -0.4 is 0 Å². The maximum Gasteiger partial charge on any atom is 0.323 e. The second kappa shape index (κ2) is 5.87. The number of carbonyl (C=O) groups excluding carboxylic acids is 1. The predicted molar refractivity (Wildman–Crippen MR) is 73.6 cm³/mol. The molecule has 0 saturated heterocycles. The van der Waals surface area contributed by atoms with Gasteiger partial charge >= 0.3 is 5.97 Å². The lowest BCUT2D eigenvalue weighted by molar-refractivity contribution is -0.138. The number of aromatic nitrogens is 1. The van der Waals surface area contributed by atoms with Crippen LogP contribution >= 0.6 is 11.3 Å². The molecule has 2 rings (SSSR count). The molecule has 2 aromatic rings. The third kappa shape index (κ3) is 3.05. The molecular weight excluding hydrogens is 280 g/mol. The SMILES string of the molecule is CC(C)N(CC(=O)O)C(=O)c1csc(-c2ccoc2)n1. The lowest BCUT2D eigenvalue weighted by atomic mass is 10.2. The molecular formula is C13H14N2O4S. The Kier molecular flexibility index (Phi) is 4.19. The average Bonchev–Trinajstić information content (AvgIpc) is 3.04. The number of hydrogen-bond donors (Lipinski definition) is 1. The zero-order valence-electron chi connectivity index (χ0n) is 11.1. The summed E-state index contributed by atoms with van der Waals surface area (Å²) < 4.78 is 4.97. The smallest absolute Gasteiger partial charge is 0.323 e. The van der Waals surface area contributed by atoms with Crippen molar-refractivity contribution in [2.45, 2.75) is 19.9 Å². The van der Waals surface area contributed by atoms with Gasteiger partial charge in [-0.3, -0.25) is 9.59 Å². The zero-order chi connectivity index (χ0) is 14.7. The number of nitrogens with zero attached hydrogens (tertiary/aromatic N) is 2. The highest BCUT2D eigenvalue weighted by atomic mass is 32.1. The summed E-state index contributed by atoms with van der Waals surface area (Å²) in [5, 5.41) is 11.2. The number of furan rings is 1. The Balaban J connectivity index is 2.22. The molecule has 20 heavy (non-hydrogen) atoms. The minimum Gasteiger partial charge on any atom is -0.480 e. The molecule has 106 valence electrons. The first-order valence-corrected chi connectivity index (χ1v) is 6.88. The Labute approximate surface area is 119 Å². The minimum absolute atomic E-state index is 0.210. The second-order valence-electron chi connectivity index (χ2n) is 4.47. The van der Waals surface area contributed by atoms with E-state index in [-0.39, 0.29) is 24.2 Å². The summed E-state index contributed by atoms with van der Waals surface area (Å²) >= 11 is 1.32. The van der Waals surface area contributed by atoms with Gasteiger partial charge in [-0.1, -0.05) is 0 Å². The molecule has 0 aliphatic rings. The van der Waals surface area contributed by atoms with Gasteiger partial charge in [-0.2, -0.15) is 0 Å². The fourth-order valence-corrected chi connectivity index (χ4v) is 2.45. The van der Waals surface area contributed by atoms with E-state index in [1.54, 1.807) is 31.6 Å². The van der Waals surface area contributed by atoms with Crippen LogP contribution in [0.1, 0.15) is 24.3 Å². The maximum absolute atomic E-state index is 12.3. The molecule has 7 heteroatoms. The van der Waals surface area contributed by atoms with E-state index in [0.29, 0.717) is 5.01 Å². The van der Waals surface area contributed by atoms with Crippen LogP contribution in [0.4, 0.5) is 0 Å². The van der Waals surface area contributed by atoms with Crippen LogP contribution in [0.25, 0.3) is 10.6 Å². The summed E-state index contributed by atoms with van der Waals surface area (Å²) in [6, 6.07) is 1.54. The molecule has 0 fully saturated rings. The van der Waals surface area contributed by atoms with Crippen LogP contribution in [0.5, 0.6) is 0 Å². The number of thiazole rings is 1. The Morgan fingerprint density at radius 2 is 2.25 bits per heavy atom. The molecule has 0 aromatic carbocycles. The molecule has 1 N–H and O–H groups in total. The molecule has 0 aliphatic carbocycles. The first-order chi connectivity index (χ1) is 9.49. The van der Waals surface area contributed by atoms with E-state index in [4.69, 9.17) is 9.52 Å². The lowest BCUT2D eigenvalue weighted by Crippen LogP contribution is -2.40. The highest BCUT2D eigenvalue weighted by Crippen LogP contribution is 2.24. The van der Waals surface area contributed by atoms with E-state index in [1.165, 1.54) is 22.5 Å². The van der Waals surface area contributed by atoms with E-state index in [2.05, 4.69) is 4.98 Å². The van der Waals surface area contributed by atoms with Crippen molar-refractivity contribution in [1.29, 1.82) is 0 Å². The van der Waals surface area contributed by atoms with Gasteiger partial charge in [0.05, 0.1) is 6.26 Å². The highest BCUT2D eigenvalue weighted by molar-refractivity contribution is 7.13. The van der Waals surface area contributed by atoms with Crippen molar-refractivity contribution < 1.29 is 19.1 Å². The van der Waals surface area contributed by atoms with E-state index in [9.17, 15) is 9.59 Å². The molecule has 0 unspecified atom stereocenters. The molecule has 0 saturated carbocycles. The van der Waals surface area contributed by atoms with Crippen molar-refractivity contribution in [3.63, 3.8) is 0 Å². The minimum atomic E-state index is -1.04. The maximum atomic E-state index is 12.3. The molecule has 0 radical (unpaired) electrons. The van der Waals surface area contributed by atoms with Crippen molar-refractivity contribution >= 4 is 23.2 Å². The van der Waals surface area contributed by atoms with Gasteiger partial charge in [0.25, 0.3) is 5.91 Å². The van der Waals surface area contributed by atoms with Gasteiger partial charge in [-0.25, -0.2) is 4.98 Å². The lowest BCUT2D eigenvalue weighted by Gasteiger charge is -2.23. The number of rotatable bonds is 5. The van der Waals surface area contributed by atoms with Crippen LogP contribution in [0.2, 0.25) is 0 Å². The largest absolute Gasteiger partial charge is 0.480 e. The van der Waals surface area contributed by atoms with Gasteiger partial charge in [-0.15, -0.1) is 11.3 Å². The first kappa shape index (κ1) is 14.3. The second-order valence-corrected chi connectivity index (χ2v) is 5.33. The molecule has 0 atom stereocenters. The number of aliphatic carboxylic acids is 1. The fraction of sp³-hybridized carbons (Fsp3) is 0.308. The summed E-state index contributed by atoms with van der Waals surface area (Å²) in [7, 11) is 0.